The summed E-state index contributed by atoms with van der Waals surface area (Å²) in [5.41, 5.74) is 14.5. The average molecular weight is 409 g/mol. The molecule has 3 amide bonds. The van der Waals surface area contributed by atoms with E-state index in [0.29, 0.717) is 29.8 Å². The minimum atomic E-state index is -1.04. The van der Waals surface area contributed by atoms with E-state index >= 15 is 0 Å². The fourth-order valence-electron chi connectivity index (χ4n) is 2.39. The molecule has 9 nitrogen and oxygen atoms in total. The van der Waals surface area contributed by atoms with Gasteiger partial charge in [-0.05, 0) is 48.5 Å². The van der Waals surface area contributed by atoms with Crippen molar-refractivity contribution in [2.45, 2.75) is 6.04 Å². The van der Waals surface area contributed by atoms with Crippen molar-refractivity contribution in [3.8, 4) is 11.8 Å². The van der Waals surface area contributed by atoms with Crippen molar-refractivity contribution in [2.75, 3.05) is 19.6 Å². The van der Waals surface area contributed by atoms with Crippen molar-refractivity contribution in [1.29, 1.82) is 0 Å². The fourth-order valence-corrected chi connectivity index (χ4v) is 2.39. The highest BCUT2D eigenvalue weighted by Gasteiger charge is 2.19. The van der Waals surface area contributed by atoms with Gasteiger partial charge in [0.05, 0.1) is 0 Å². The van der Waals surface area contributed by atoms with Crippen LogP contribution in [0.2, 0.25) is 0 Å². The maximum atomic E-state index is 12.2. The van der Waals surface area contributed by atoms with Crippen LogP contribution >= 0.6 is 0 Å². The molecule has 0 aromatic heterocycles. The summed E-state index contributed by atoms with van der Waals surface area (Å²) in [6.45, 7) is 0.631. The van der Waals surface area contributed by atoms with Crippen molar-refractivity contribution in [2.24, 2.45) is 11.5 Å². The maximum absolute atomic E-state index is 12.2. The van der Waals surface area contributed by atoms with Crippen molar-refractivity contribution in [3.05, 3.63) is 70.8 Å². The summed E-state index contributed by atoms with van der Waals surface area (Å²) in [4.78, 5) is 35.4. The number of carbonyl (C=O) groups excluding carboxylic acids is 3. The first-order valence-electron chi connectivity index (χ1n) is 9.13. The number of rotatable bonds is 7. The number of amides is 3. The molecule has 1 atom stereocenters. The molecule has 8 N–H and O–H groups in total. The molecule has 2 aromatic rings. The SMILES string of the molecule is NCCNC(=O)c1ccc(C#Cc2ccc(C(=O)N[C@@H](CN)C(=O)NO)cc2)cc1. The highest BCUT2D eigenvalue weighted by atomic mass is 16.5. The Morgan fingerprint density at radius 3 is 1.80 bits per heavy atom. The lowest BCUT2D eigenvalue weighted by Gasteiger charge is -2.14. The molecular weight excluding hydrogens is 386 g/mol. The van der Waals surface area contributed by atoms with Crippen LogP contribution in [-0.2, 0) is 4.79 Å². The predicted molar refractivity (Wildman–Crippen MR) is 110 cm³/mol. The van der Waals surface area contributed by atoms with Crippen LogP contribution in [0, 0.1) is 11.8 Å². The zero-order chi connectivity index (χ0) is 21.9. The number of hydrogen-bond acceptors (Lipinski definition) is 6. The first kappa shape index (κ1) is 22.6. The number of nitrogens with two attached hydrogens (primary N) is 2. The van der Waals surface area contributed by atoms with E-state index in [0.717, 1.165) is 5.56 Å². The normalized spacial score (nSPS) is 10.9. The summed E-state index contributed by atoms with van der Waals surface area (Å²) < 4.78 is 0. The third kappa shape index (κ3) is 6.42. The summed E-state index contributed by atoms with van der Waals surface area (Å²) in [5.74, 6) is 4.47. The van der Waals surface area contributed by atoms with E-state index in [1.165, 1.54) is 5.48 Å². The van der Waals surface area contributed by atoms with Gasteiger partial charge < -0.3 is 22.1 Å². The zero-order valence-corrected chi connectivity index (χ0v) is 16.1. The van der Waals surface area contributed by atoms with Gasteiger partial charge in [-0.25, -0.2) is 5.48 Å². The van der Waals surface area contributed by atoms with Gasteiger partial charge in [-0.2, -0.15) is 0 Å². The second kappa shape index (κ2) is 11.3. The molecule has 0 radical (unpaired) electrons. The largest absolute Gasteiger partial charge is 0.351 e. The van der Waals surface area contributed by atoms with Gasteiger partial charge in [0, 0.05) is 41.9 Å². The van der Waals surface area contributed by atoms with Crippen LogP contribution in [-0.4, -0.2) is 48.6 Å². The first-order valence-corrected chi connectivity index (χ1v) is 9.13. The Morgan fingerprint density at radius 2 is 1.37 bits per heavy atom. The summed E-state index contributed by atoms with van der Waals surface area (Å²) >= 11 is 0. The van der Waals surface area contributed by atoms with E-state index in [4.69, 9.17) is 16.7 Å². The minimum Gasteiger partial charge on any atom is -0.351 e. The summed E-state index contributed by atoms with van der Waals surface area (Å²) in [6, 6.07) is 12.3. The first-order chi connectivity index (χ1) is 14.5. The minimum absolute atomic E-state index is 0.158. The number of nitrogens with one attached hydrogen (secondary N) is 3. The number of hydroxylamine groups is 1. The molecule has 0 aliphatic heterocycles. The Morgan fingerprint density at radius 1 is 0.867 bits per heavy atom. The molecule has 0 saturated carbocycles. The van der Waals surface area contributed by atoms with Crippen LogP contribution in [0.15, 0.2) is 48.5 Å². The molecule has 0 fully saturated rings. The van der Waals surface area contributed by atoms with Gasteiger partial charge in [0.15, 0.2) is 0 Å². The third-order valence-electron chi connectivity index (χ3n) is 4.04. The Balaban J connectivity index is 2.01. The second-order valence-corrected chi connectivity index (χ2v) is 6.19. The van der Waals surface area contributed by atoms with Crippen LogP contribution < -0.4 is 27.6 Å². The topological polar surface area (TPSA) is 160 Å². The standard InChI is InChI=1S/C21H23N5O4/c22-11-12-24-19(27)16-7-3-14(4-8-16)1-2-15-5-9-17(10-6-15)20(28)25-18(13-23)21(29)26-30/h3-10,18,30H,11-13,22-23H2,(H,24,27)(H,25,28)(H,26,29)/t18-/m0/s1. The highest BCUT2D eigenvalue weighted by molar-refractivity contribution is 5.97. The Labute approximate surface area is 173 Å². The van der Waals surface area contributed by atoms with E-state index < -0.39 is 17.9 Å². The van der Waals surface area contributed by atoms with Gasteiger partial charge in [0.25, 0.3) is 17.7 Å². The lowest BCUT2D eigenvalue weighted by molar-refractivity contribution is -0.130. The Kier molecular flexibility index (Phi) is 8.53. The van der Waals surface area contributed by atoms with Crippen molar-refractivity contribution < 1.29 is 19.6 Å². The summed E-state index contributed by atoms with van der Waals surface area (Å²) in [7, 11) is 0. The lowest BCUT2D eigenvalue weighted by atomic mass is 10.1. The third-order valence-corrected chi connectivity index (χ3v) is 4.04. The number of carbonyl (C=O) groups is 3. The highest BCUT2D eigenvalue weighted by Crippen LogP contribution is 2.06. The Hall–Kier alpha value is -3.71. The van der Waals surface area contributed by atoms with Gasteiger partial charge in [0.2, 0.25) is 0 Å². The Bertz CT molecular complexity index is 946. The molecule has 9 heteroatoms. The van der Waals surface area contributed by atoms with Crippen molar-refractivity contribution in [3.63, 3.8) is 0 Å². The van der Waals surface area contributed by atoms with Crippen molar-refractivity contribution in [1.82, 2.24) is 16.1 Å². The van der Waals surface area contributed by atoms with Crippen LogP contribution in [0.5, 0.6) is 0 Å². The molecule has 0 spiro atoms. The van der Waals surface area contributed by atoms with E-state index in [1.807, 2.05) is 0 Å². The van der Waals surface area contributed by atoms with Gasteiger partial charge >= 0.3 is 0 Å². The van der Waals surface area contributed by atoms with Crippen LogP contribution in [0.25, 0.3) is 0 Å². The molecular formula is C21H23N5O4. The van der Waals surface area contributed by atoms with Gasteiger partial charge in [-0.1, -0.05) is 11.8 Å². The van der Waals surface area contributed by atoms with Crippen LogP contribution in [0.3, 0.4) is 0 Å². The molecule has 0 unspecified atom stereocenters. The zero-order valence-electron chi connectivity index (χ0n) is 16.1. The molecule has 156 valence electrons. The number of hydrogen-bond donors (Lipinski definition) is 6. The maximum Gasteiger partial charge on any atom is 0.267 e. The molecule has 0 heterocycles. The van der Waals surface area contributed by atoms with E-state index in [1.54, 1.807) is 48.5 Å². The van der Waals surface area contributed by atoms with Gasteiger partial charge in [0.1, 0.15) is 6.04 Å². The van der Waals surface area contributed by atoms with Crippen molar-refractivity contribution >= 4 is 17.7 Å². The van der Waals surface area contributed by atoms with Gasteiger partial charge in [-0.3, -0.25) is 19.6 Å². The second-order valence-electron chi connectivity index (χ2n) is 6.19. The monoisotopic (exact) mass is 409 g/mol. The quantitative estimate of drug-likeness (QED) is 0.202. The molecule has 2 rings (SSSR count). The number of benzene rings is 2. The van der Waals surface area contributed by atoms with Gasteiger partial charge in [-0.15, -0.1) is 0 Å². The summed E-state index contributed by atoms with van der Waals surface area (Å²) in [6.07, 6.45) is 0. The fraction of sp³-hybridized carbons (Fsp3) is 0.190. The average Bonchev–Trinajstić information content (AvgIpc) is 2.79. The molecule has 0 aliphatic carbocycles. The van der Waals surface area contributed by atoms with E-state index in [9.17, 15) is 14.4 Å². The lowest BCUT2D eigenvalue weighted by Crippen LogP contribution is -2.50. The molecule has 2 aromatic carbocycles. The molecule has 0 saturated heterocycles. The van der Waals surface area contributed by atoms with E-state index in [-0.39, 0.29) is 12.5 Å². The van der Waals surface area contributed by atoms with E-state index in [2.05, 4.69) is 22.5 Å². The van der Waals surface area contributed by atoms with Crippen LogP contribution in [0.1, 0.15) is 31.8 Å². The van der Waals surface area contributed by atoms with Crippen LogP contribution in [0.4, 0.5) is 0 Å². The molecule has 30 heavy (non-hydrogen) atoms. The molecule has 0 aliphatic rings. The smallest absolute Gasteiger partial charge is 0.267 e. The molecule has 0 bridgehead atoms. The predicted octanol–water partition coefficient (Wildman–Crippen LogP) is -0.663. The summed E-state index contributed by atoms with van der Waals surface area (Å²) in [5, 5.41) is 13.8.